The van der Waals surface area contributed by atoms with Crippen molar-refractivity contribution in [3.05, 3.63) is 89.3 Å². The third-order valence-corrected chi connectivity index (χ3v) is 6.63. The Morgan fingerprint density at radius 3 is 2.65 bits per heavy atom. The topological polar surface area (TPSA) is 126 Å². The number of nitrogens with two attached hydrogens (primary N) is 1. The van der Waals surface area contributed by atoms with Gasteiger partial charge in [-0.3, -0.25) is 9.78 Å². The van der Waals surface area contributed by atoms with Gasteiger partial charge in [-0.25, -0.2) is 8.42 Å². The molecule has 34 heavy (non-hydrogen) atoms. The second kappa shape index (κ2) is 9.47. The third kappa shape index (κ3) is 4.69. The van der Waals surface area contributed by atoms with Crippen LogP contribution in [0.3, 0.4) is 0 Å². The Balaban J connectivity index is 1.77. The number of carbonyl (C=O) groups excluding carboxylic acids is 1. The van der Waals surface area contributed by atoms with Gasteiger partial charge in [-0.05, 0) is 35.9 Å². The zero-order valence-electron chi connectivity index (χ0n) is 18.4. The number of amides is 1. The van der Waals surface area contributed by atoms with Gasteiger partial charge in [-0.1, -0.05) is 24.3 Å². The quantitative estimate of drug-likeness (QED) is 0.544. The zero-order chi connectivity index (χ0) is 24.3. The molecule has 0 fully saturated rings. The predicted octanol–water partition coefficient (Wildman–Crippen LogP) is 3.22. The van der Waals surface area contributed by atoms with E-state index in [2.05, 4.69) is 11.1 Å². The van der Waals surface area contributed by atoms with Gasteiger partial charge in [0.15, 0.2) is 9.84 Å². The van der Waals surface area contributed by atoms with Gasteiger partial charge in [0, 0.05) is 35.5 Å². The number of rotatable bonds is 6. The number of ether oxygens (including phenoxy) is 1. The van der Waals surface area contributed by atoms with Crippen LogP contribution < -0.4 is 10.6 Å². The predicted molar refractivity (Wildman–Crippen MR) is 129 cm³/mol. The molecule has 0 spiro atoms. The number of hydrogen-bond acceptors (Lipinski definition) is 7. The van der Waals surface area contributed by atoms with E-state index in [1.807, 2.05) is 0 Å². The number of carbonyl (C=O) groups is 1. The molecule has 2 heterocycles. The van der Waals surface area contributed by atoms with Crippen molar-refractivity contribution in [3.63, 3.8) is 0 Å². The first kappa shape index (κ1) is 23.2. The van der Waals surface area contributed by atoms with Crippen molar-refractivity contribution in [2.45, 2.75) is 11.4 Å². The van der Waals surface area contributed by atoms with Crippen LogP contribution in [0.25, 0.3) is 5.57 Å². The Kier molecular flexibility index (Phi) is 6.45. The lowest BCUT2D eigenvalue weighted by Gasteiger charge is -2.25. The van der Waals surface area contributed by atoms with E-state index in [9.17, 15) is 18.5 Å². The van der Waals surface area contributed by atoms with Gasteiger partial charge >= 0.3 is 0 Å². The van der Waals surface area contributed by atoms with E-state index in [0.29, 0.717) is 34.6 Å². The average molecular weight is 475 g/mol. The summed E-state index contributed by atoms with van der Waals surface area (Å²) in [5.41, 5.74) is 10.0. The van der Waals surface area contributed by atoms with Crippen LogP contribution in [-0.2, 0) is 21.1 Å². The Morgan fingerprint density at radius 1 is 1.18 bits per heavy atom. The van der Waals surface area contributed by atoms with Gasteiger partial charge in [0.05, 0.1) is 47.5 Å². The second-order valence-electron chi connectivity index (χ2n) is 7.86. The molecule has 0 radical (unpaired) electrons. The van der Waals surface area contributed by atoms with Gasteiger partial charge < -0.3 is 15.4 Å². The highest BCUT2D eigenvalue weighted by Crippen LogP contribution is 2.32. The van der Waals surface area contributed by atoms with Gasteiger partial charge in [0.25, 0.3) is 5.91 Å². The summed E-state index contributed by atoms with van der Waals surface area (Å²) in [6.45, 7) is 0.633. The highest BCUT2D eigenvalue weighted by Gasteiger charge is 2.25. The van der Waals surface area contributed by atoms with E-state index >= 15 is 0 Å². The van der Waals surface area contributed by atoms with Crippen molar-refractivity contribution in [2.24, 2.45) is 0 Å². The first-order valence-electron chi connectivity index (χ1n) is 10.4. The average Bonchev–Trinajstić information content (AvgIpc) is 3.31. The Labute approximate surface area is 197 Å². The maximum absolute atomic E-state index is 13.5. The summed E-state index contributed by atoms with van der Waals surface area (Å²) in [6, 6.07) is 17.1. The Bertz CT molecular complexity index is 1430. The molecular weight excluding hydrogens is 452 g/mol. The number of aromatic nitrogens is 1. The molecule has 9 heteroatoms. The fourth-order valence-electron chi connectivity index (χ4n) is 3.84. The number of anilines is 2. The maximum atomic E-state index is 13.5. The molecule has 0 bridgehead atoms. The summed E-state index contributed by atoms with van der Waals surface area (Å²) in [4.78, 5) is 18.9. The minimum atomic E-state index is -3.61. The van der Waals surface area contributed by atoms with E-state index in [1.165, 1.54) is 17.2 Å². The lowest BCUT2D eigenvalue weighted by molar-refractivity contribution is 0.0984. The summed E-state index contributed by atoms with van der Waals surface area (Å²) < 4.78 is 30.3. The molecule has 4 rings (SSSR count). The zero-order valence-corrected chi connectivity index (χ0v) is 19.2. The van der Waals surface area contributed by atoms with E-state index in [-0.39, 0.29) is 23.7 Å². The molecule has 0 saturated carbocycles. The molecular formula is C25H22N4O4S. The van der Waals surface area contributed by atoms with Crippen molar-refractivity contribution in [3.8, 4) is 6.07 Å². The monoisotopic (exact) mass is 474 g/mol. The lowest BCUT2D eigenvalue weighted by atomic mass is 9.99. The van der Waals surface area contributed by atoms with E-state index < -0.39 is 15.7 Å². The number of pyridine rings is 1. The minimum absolute atomic E-state index is 0.0451. The van der Waals surface area contributed by atoms with Crippen molar-refractivity contribution < 1.29 is 17.9 Å². The summed E-state index contributed by atoms with van der Waals surface area (Å²) in [5, 5.41) is 9.32. The SMILES string of the molecule is CS(=O)(=O)c1ccccc1N(Cc1ccc(C2=C(C#N)COC2)c(N)c1)C(=O)c1cccnc1. The van der Waals surface area contributed by atoms with E-state index in [4.69, 9.17) is 10.5 Å². The fraction of sp³-hybridized carbons (Fsp3) is 0.160. The minimum Gasteiger partial charge on any atom is -0.398 e. The van der Waals surface area contributed by atoms with E-state index in [0.717, 1.165) is 11.8 Å². The number of sulfone groups is 1. The van der Waals surface area contributed by atoms with Crippen LogP contribution >= 0.6 is 0 Å². The van der Waals surface area contributed by atoms with Gasteiger partial charge in [0.2, 0.25) is 0 Å². The van der Waals surface area contributed by atoms with Gasteiger partial charge in [-0.2, -0.15) is 5.26 Å². The molecule has 1 aliphatic heterocycles. The standard InChI is InChI=1S/C25H22N4O4S/c1-34(31,32)24-7-3-2-6-23(24)29(25(30)18-5-4-10-28-13-18)14-17-8-9-20(22(27)11-17)21-16-33-15-19(21)12-26/h2-11,13H,14-16,27H2,1H3. The summed E-state index contributed by atoms with van der Waals surface area (Å²) in [7, 11) is -3.61. The lowest BCUT2D eigenvalue weighted by Crippen LogP contribution is -2.31. The summed E-state index contributed by atoms with van der Waals surface area (Å²) in [6.07, 6.45) is 4.10. The first-order chi connectivity index (χ1) is 16.3. The van der Waals surface area contributed by atoms with Crippen LogP contribution in [0, 0.1) is 11.3 Å². The van der Waals surface area contributed by atoms with Crippen molar-refractivity contribution in [1.82, 2.24) is 4.98 Å². The van der Waals surface area contributed by atoms with Crippen LogP contribution in [0.15, 0.2) is 77.5 Å². The molecule has 2 N–H and O–H groups in total. The second-order valence-corrected chi connectivity index (χ2v) is 9.84. The van der Waals surface area contributed by atoms with E-state index in [1.54, 1.807) is 54.7 Å². The Morgan fingerprint density at radius 2 is 1.97 bits per heavy atom. The molecule has 172 valence electrons. The van der Waals surface area contributed by atoms with Crippen LogP contribution in [0.1, 0.15) is 21.5 Å². The van der Waals surface area contributed by atoms with Crippen LogP contribution in [-0.4, -0.2) is 38.8 Å². The van der Waals surface area contributed by atoms with Gasteiger partial charge in [-0.15, -0.1) is 0 Å². The molecule has 0 atom stereocenters. The molecule has 2 aromatic carbocycles. The molecule has 0 aliphatic carbocycles. The van der Waals surface area contributed by atoms with Crippen molar-refractivity contribution >= 4 is 32.7 Å². The number of nitrogens with zero attached hydrogens (tertiary/aromatic N) is 3. The van der Waals surface area contributed by atoms with Crippen LogP contribution in [0.5, 0.6) is 0 Å². The first-order valence-corrected chi connectivity index (χ1v) is 12.3. The van der Waals surface area contributed by atoms with Crippen molar-refractivity contribution in [1.29, 1.82) is 5.26 Å². The number of hydrogen-bond donors (Lipinski definition) is 1. The van der Waals surface area contributed by atoms with Gasteiger partial charge in [0.1, 0.15) is 0 Å². The highest BCUT2D eigenvalue weighted by atomic mass is 32.2. The molecule has 8 nitrogen and oxygen atoms in total. The molecule has 0 unspecified atom stereocenters. The molecule has 1 amide bonds. The fourth-order valence-corrected chi connectivity index (χ4v) is 4.73. The normalized spacial score (nSPS) is 13.5. The van der Waals surface area contributed by atoms with Crippen LogP contribution in [0.4, 0.5) is 11.4 Å². The maximum Gasteiger partial charge on any atom is 0.260 e. The number of benzene rings is 2. The number of nitriles is 1. The largest absolute Gasteiger partial charge is 0.398 e. The summed E-state index contributed by atoms with van der Waals surface area (Å²) in [5.74, 6) is -0.398. The molecule has 1 aliphatic rings. The number of nitrogen functional groups attached to an aromatic ring is 1. The van der Waals surface area contributed by atoms with Crippen molar-refractivity contribution in [2.75, 3.05) is 30.1 Å². The molecule has 3 aromatic rings. The van der Waals surface area contributed by atoms with Crippen LogP contribution in [0.2, 0.25) is 0 Å². The summed E-state index contributed by atoms with van der Waals surface area (Å²) >= 11 is 0. The highest BCUT2D eigenvalue weighted by molar-refractivity contribution is 7.90. The Hall–Kier alpha value is -4.00. The number of para-hydroxylation sites is 1. The molecule has 0 saturated heterocycles. The third-order valence-electron chi connectivity index (χ3n) is 5.48. The smallest absolute Gasteiger partial charge is 0.260 e. The molecule has 1 aromatic heterocycles.